The zero-order chi connectivity index (χ0) is 23.0. The van der Waals surface area contributed by atoms with E-state index in [0.29, 0.717) is 17.6 Å². The second kappa shape index (κ2) is 10.00. The van der Waals surface area contributed by atoms with Crippen molar-refractivity contribution in [2.45, 2.75) is 13.1 Å². The number of anilines is 3. The van der Waals surface area contributed by atoms with E-state index in [1.54, 1.807) is 23.3 Å². The van der Waals surface area contributed by atoms with E-state index in [-0.39, 0.29) is 6.54 Å². The van der Waals surface area contributed by atoms with Crippen molar-refractivity contribution in [1.82, 2.24) is 24.7 Å². The number of nitrogens with zero attached hydrogens (tertiary/aromatic N) is 5. The number of hydrogen-bond acceptors (Lipinski definition) is 8. The van der Waals surface area contributed by atoms with Gasteiger partial charge in [-0.15, -0.1) is 0 Å². The van der Waals surface area contributed by atoms with Gasteiger partial charge in [-0.3, -0.25) is 4.79 Å². The number of primary amides is 1. The van der Waals surface area contributed by atoms with E-state index in [1.165, 1.54) is 0 Å². The Morgan fingerprint density at radius 3 is 2.32 bits per heavy atom. The van der Waals surface area contributed by atoms with Crippen LogP contribution in [0.5, 0.6) is 0 Å². The molecule has 0 bridgehead atoms. The third kappa shape index (κ3) is 7.60. The molecular formula is C17H17F3N8O3. The average molecular weight is 438 g/mol. The van der Waals surface area contributed by atoms with Crippen molar-refractivity contribution in [2.24, 2.45) is 5.73 Å². The number of rotatable bonds is 6. The van der Waals surface area contributed by atoms with Gasteiger partial charge < -0.3 is 21.5 Å². The van der Waals surface area contributed by atoms with Gasteiger partial charge in [0.25, 0.3) is 0 Å². The van der Waals surface area contributed by atoms with Crippen LogP contribution >= 0.6 is 0 Å². The summed E-state index contributed by atoms with van der Waals surface area (Å²) >= 11 is 0. The lowest BCUT2D eigenvalue weighted by Crippen LogP contribution is -2.22. The minimum atomic E-state index is -5.08. The molecule has 1 aromatic carbocycles. The van der Waals surface area contributed by atoms with Gasteiger partial charge in [-0.25, -0.2) is 19.4 Å². The molecule has 11 nitrogen and oxygen atoms in total. The van der Waals surface area contributed by atoms with Crippen molar-refractivity contribution < 1.29 is 27.9 Å². The molecule has 0 unspecified atom stereocenters. The maximum absolute atomic E-state index is 10.8. The van der Waals surface area contributed by atoms with E-state index in [2.05, 4.69) is 30.7 Å². The van der Waals surface area contributed by atoms with Gasteiger partial charge in [0.05, 0.1) is 12.2 Å². The highest BCUT2D eigenvalue weighted by Crippen LogP contribution is 2.17. The summed E-state index contributed by atoms with van der Waals surface area (Å²) in [5, 5.41) is 17.3. The topological polar surface area (TPSA) is 161 Å². The molecule has 2 heterocycles. The molecule has 0 aliphatic heterocycles. The predicted molar refractivity (Wildman–Crippen MR) is 103 cm³/mol. The van der Waals surface area contributed by atoms with Crippen LogP contribution in [0.2, 0.25) is 0 Å². The molecular weight excluding hydrogens is 421 g/mol. The van der Waals surface area contributed by atoms with E-state index >= 15 is 0 Å². The van der Waals surface area contributed by atoms with Crippen LogP contribution in [0.25, 0.3) is 5.69 Å². The van der Waals surface area contributed by atoms with Gasteiger partial charge in [-0.2, -0.15) is 23.3 Å². The van der Waals surface area contributed by atoms with Gasteiger partial charge >= 0.3 is 12.1 Å². The molecule has 5 N–H and O–H groups in total. The Labute approximate surface area is 173 Å². The first-order chi connectivity index (χ1) is 14.5. The summed E-state index contributed by atoms with van der Waals surface area (Å²) in [6.07, 6.45) is -1.83. The molecule has 0 radical (unpaired) electrons. The lowest BCUT2D eigenvalue weighted by Gasteiger charge is -2.08. The number of aliphatic carboxylic acids is 1. The largest absolute Gasteiger partial charge is 0.490 e. The van der Waals surface area contributed by atoms with Gasteiger partial charge in [0.2, 0.25) is 11.9 Å². The number of carboxylic acids is 1. The number of amides is 1. The Bertz CT molecular complexity index is 1040. The molecule has 0 aliphatic rings. The van der Waals surface area contributed by atoms with Crippen LogP contribution in [0.1, 0.15) is 5.82 Å². The highest BCUT2D eigenvalue weighted by molar-refractivity contribution is 5.78. The molecule has 0 spiro atoms. The number of benzene rings is 1. The minimum Gasteiger partial charge on any atom is -0.475 e. The van der Waals surface area contributed by atoms with E-state index in [0.717, 1.165) is 11.4 Å². The smallest absolute Gasteiger partial charge is 0.475 e. The first-order valence-corrected chi connectivity index (χ1v) is 8.45. The summed E-state index contributed by atoms with van der Waals surface area (Å²) in [4.78, 5) is 32.2. The third-order valence-corrected chi connectivity index (χ3v) is 3.34. The Morgan fingerprint density at radius 1 is 1.16 bits per heavy atom. The lowest BCUT2D eigenvalue weighted by atomic mass is 10.3. The molecule has 14 heteroatoms. The fourth-order valence-corrected chi connectivity index (χ4v) is 1.99. The standard InChI is InChI=1S/C15H16N8O.C2HF3O2/c1-10-19-9-23(22-10)12-4-2-11(3-5-12)20-15-17-7-6-14(21-15)18-8-13(16)24;3-2(4,5)1(6)7/h2-7,9H,8H2,1H3,(H2,16,24)(H2,17,18,20,21);(H,6,7). The molecule has 0 aliphatic carbocycles. The quantitative estimate of drug-likeness (QED) is 0.448. The van der Waals surface area contributed by atoms with Gasteiger partial charge in [0.1, 0.15) is 18.0 Å². The van der Waals surface area contributed by atoms with Crippen LogP contribution < -0.4 is 16.4 Å². The molecule has 164 valence electrons. The number of carbonyl (C=O) groups is 2. The number of halogens is 3. The van der Waals surface area contributed by atoms with Crippen molar-refractivity contribution in [3.63, 3.8) is 0 Å². The van der Waals surface area contributed by atoms with E-state index in [4.69, 9.17) is 15.6 Å². The predicted octanol–water partition coefficient (Wildman–Crippen LogP) is 1.64. The maximum atomic E-state index is 10.8. The zero-order valence-corrected chi connectivity index (χ0v) is 16.0. The fourth-order valence-electron chi connectivity index (χ4n) is 1.99. The number of aryl methyl sites for hydroxylation is 1. The number of hydrogen-bond donors (Lipinski definition) is 4. The zero-order valence-electron chi connectivity index (χ0n) is 16.0. The molecule has 3 aromatic rings. The Balaban J connectivity index is 0.000000423. The first kappa shape index (κ1) is 23.1. The van der Waals surface area contributed by atoms with Crippen LogP contribution in [-0.4, -0.2) is 54.4 Å². The highest BCUT2D eigenvalue weighted by atomic mass is 19.4. The summed E-state index contributed by atoms with van der Waals surface area (Å²) in [5.41, 5.74) is 6.82. The highest BCUT2D eigenvalue weighted by Gasteiger charge is 2.38. The summed E-state index contributed by atoms with van der Waals surface area (Å²) in [7, 11) is 0. The molecule has 2 aromatic heterocycles. The summed E-state index contributed by atoms with van der Waals surface area (Å²) in [6.45, 7) is 1.85. The number of carboxylic acid groups (broad SMARTS) is 1. The molecule has 0 saturated heterocycles. The SMILES string of the molecule is Cc1ncn(-c2ccc(Nc3nccc(NCC(N)=O)n3)cc2)n1.O=C(O)C(F)(F)F. The number of nitrogens with one attached hydrogen (secondary N) is 2. The van der Waals surface area contributed by atoms with Crippen LogP contribution in [0.3, 0.4) is 0 Å². The Kier molecular flexibility index (Phi) is 7.43. The first-order valence-electron chi connectivity index (χ1n) is 8.45. The van der Waals surface area contributed by atoms with Crippen LogP contribution in [0.4, 0.5) is 30.6 Å². The number of alkyl halides is 3. The van der Waals surface area contributed by atoms with Crippen molar-refractivity contribution >= 4 is 29.3 Å². The van der Waals surface area contributed by atoms with Crippen molar-refractivity contribution in [2.75, 3.05) is 17.2 Å². The van der Waals surface area contributed by atoms with Gasteiger partial charge in [-0.1, -0.05) is 0 Å². The minimum absolute atomic E-state index is 0.0163. The van der Waals surface area contributed by atoms with Crippen molar-refractivity contribution in [1.29, 1.82) is 0 Å². The number of aromatic nitrogens is 5. The van der Waals surface area contributed by atoms with Crippen molar-refractivity contribution in [3.8, 4) is 5.69 Å². The normalized spacial score (nSPS) is 10.6. The third-order valence-electron chi connectivity index (χ3n) is 3.34. The molecule has 0 atom stereocenters. The Hall–Kier alpha value is -4.23. The number of nitrogens with two attached hydrogens (primary N) is 1. The van der Waals surface area contributed by atoms with E-state index in [1.807, 2.05) is 31.2 Å². The van der Waals surface area contributed by atoms with E-state index < -0.39 is 18.1 Å². The maximum Gasteiger partial charge on any atom is 0.490 e. The molecule has 3 rings (SSSR count). The lowest BCUT2D eigenvalue weighted by molar-refractivity contribution is -0.192. The average Bonchev–Trinajstić information content (AvgIpc) is 3.13. The summed E-state index contributed by atoms with van der Waals surface area (Å²) in [6, 6.07) is 9.25. The molecule has 0 fully saturated rings. The Morgan fingerprint density at radius 2 is 1.81 bits per heavy atom. The fraction of sp³-hybridized carbons (Fsp3) is 0.176. The monoisotopic (exact) mass is 438 g/mol. The van der Waals surface area contributed by atoms with Gasteiger partial charge in [0.15, 0.2) is 0 Å². The van der Waals surface area contributed by atoms with Gasteiger partial charge in [0, 0.05) is 11.9 Å². The van der Waals surface area contributed by atoms with Crippen LogP contribution in [-0.2, 0) is 9.59 Å². The van der Waals surface area contributed by atoms with E-state index in [9.17, 15) is 18.0 Å². The second-order valence-electron chi connectivity index (χ2n) is 5.80. The summed E-state index contributed by atoms with van der Waals surface area (Å²) < 4.78 is 33.4. The van der Waals surface area contributed by atoms with Gasteiger partial charge in [-0.05, 0) is 37.3 Å². The number of carbonyl (C=O) groups excluding carboxylic acids is 1. The van der Waals surface area contributed by atoms with Crippen molar-refractivity contribution in [3.05, 3.63) is 48.7 Å². The molecule has 31 heavy (non-hydrogen) atoms. The molecule has 0 saturated carbocycles. The molecule has 1 amide bonds. The second-order valence-corrected chi connectivity index (χ2v) is 5.80. The van der Waals surface area contributed by atoms with Crippen LogP contribution in [0, 0.1) is 6.92 Å². The van der Waals surface area contributed by atoms with Crippen LogP contribution in [0.15, 0.2) is 42.9 Å². The summed E-state index contributed by atoms with van der Waals surface area (Å²) in [5.74, 6) is -1.57.